The minimum absolute atomic E-state index is 0.00346. The van der Waals surface area contributed by atoms with Crippen LogP contribution in [0.25, 0.3) is 0 Å². The van der Waals surface area contributed by atoms with Crippen LogP contribution < -0.4 is 21.3 Å². The normalized spacial score (nSPS) is 13.6. The predicted octanol–water partition coefficient (Wildman–Crippen LogP) is 4.77. The van der Waals surface area contributed by atoms with E-state index in [4.69, 9.17) is 4.74 Å². The SMILES string of the molecule is CCCC(C)(Oc1ccccc1CCNc1nn(CCCC(F)(F)F)c(=O)n(CCCC(F)(F)F)c1=O)C(=O)O. The van der Waals surface area contributed by atoms with Crippen molar-refractivity contribution in [2.75, 3.05) is 11.9 Å². The van der Waals surface area contributed by atoms with Crippen LogP contribution >= 0.6 is 0 Å². The molecule has 0 aliphatic heterocycles. The Hall–Kier alpha value is -3.52. The van der Waals surface area contributed by atoms with Gasteiger partial charge >= 0.3 is 24.0 Å². The molecule has 1 atom stereocenters. The van der Waals surface area contributed by atoms with Crippen molar-refractivity contribution in [1.82, 2.24) is 14.3 Å². The molecule has 0 spiro atoms. The first kappa shape index (κ1) is 32.7. The zero-order valence-corrected chi connectivity index (χ0v) is 22.1. The summed E-state index contributed by atoms with van der Waals surface area (Å²) in [7, 11) is 0. The number of benzene rings is 1. The average Bonchev–Trinajstić information content (AvgIpc) is 2.83. The molecule has 2 N–H and O–H groups in total. The molecule has 0 amide bonds. The Labute approximate surface area is 225 Å². The van der Waals surface area contributed by atoms with Crippen LogP contribution in [0.1, 0.15) is 57.9 Å². The lowest BCUT2D eigenvalue weighted by atomic mass is 10.00. The lowest BCUT2D eigenvalue weighted by Crippen LogP contribution is -2.43. The highest BCUT2D eigenvalue weighted by Crippen LogP contribution is 2.27. The standard InChI is InChI=1S/C25H32F6N4O5/c1-3-11-23(2,21(37)38)40-18-9-5-4-8-17(18)10-14-32-19-20(36)34(15-6-12-24(26,27)28)22(39)35(33-19)16-7-13-25(29,30)31/h4-5,8-9H,3,6-7,10-16H2,1-2H3,(H,32,33)(H,37,38). The van der Waals surface area contributed by atoms with Gasteiger partial charge in [0.25, 0.3) is 5.56 Å². The van der Waals surface area contributed by atoms with Crippen LogP contribution in [0.15, 0.2) is 33.9 Å². The molecule has 1 unspecified atom stereocenters. The van der Waals surface area contributed by atoms with E-state index in [1.807, 2.05) is 6.92 Å². The summed E-state index contributed by atoms with van der Waals surface area (Å²) in [5.41, 5.74) is -3.04. The molecule has 0 aliphatic carbocycles. The van der Waals surface area contributed by atoms with Crippen LogP contribution in [-0.2, 0) is 24.3 Å². The van der Waals surface area contributed by atoms with Gasteiger partial charge in [-0.3, -0.25) is 9.36 Å². The number of anilines is 1. The second kappa shape index (κ2) is 13.7. The summed E-state index contributed by atoms with van der Waals surface area (Å²) in [6, 6.07) is 6.59. The Bertz CT molecular complexity index is 1260. The molecule has 2 aromatic rings. The fraction of sp³-hybridized carbons (Fsp3) is 0.600. The number of aromatic nitrogens is 3. The number of carboxylic acid groups (broad SMARTS) is 1. The Kier molecular flexibility index (Phi) is 11.2. The molecule has 0 radical (unpaired) electrons. The quantitative estimate of drug-likeness (QED) is 0.291. The van der Waals surface area contributed by atoms with E-state index < -0.39 is 79.8 Å². The van der Waals surface area contributed by atoms with Crippen molar-refractivity contribution in [1.29, 1.82) is 0 Å². The Morgan fingerprint density at radius 3 is 2.17 bits per heavy atom. The number of para-hydroxylation sites is 1. The van der Waals surface area contributed by atoms with E-state index in [1.165, 1.54) is 6.92 Å². The smallest absolute Gasteiger partial charge is 0.389 e. The summed E-state index contributed by atoms with van der Waals surface area (Å²) in [4.78, 5) is 37.3. The van der Waals surface area contributed by atoms with Crippen molar-refractivity contribution in [2.45, 2.75) is 89.8 Å². The molecule has 1 aromatic carbocycles. The maximum absolute atomic E-state index is 12.8. The summed E-state index contributed by atoms with van der Waals surface area (Å²) in [5.74, 6) is -1.28. The number of carboxylic acids is 1. The molecule has 224 valence electrons. The Balaban J connectivity index is 2.27. The fourth-order valence-electron chi connectivity index (χ4n) is 3.93. The zero-order chi connectivity index (χ0) is 30.1. The summed E-state index contributed by atoms with van der Waals surface area (Å²) in [6.45, 7) is 2.15. The fourth-order valence-corrected chi connectivity index (χ4v) is 3.93. The molecule has 0 fully saturated rings. The lowest BCUT2D eigenvalue weighted by Gasteiger charge is -2.27. The Morgan fingerprint density at radius 2 is 1.60 bits per heavy atom. The van der Waals surface area contributed by atoms with Crippen molar-refractivity contribution in [3.05, 3.63) is 50.7 Å². The molecule has 0 saturated heterocycles. The second-order valence-corrected chi connectivity index (χ2v) is 9.42. The van der Waals surface area contributed by atoms with Crippen molar-refractivity contribution in [2.24, 2.45) is 0 Å². The van der Waals surface area contributed by atoms with Crippen LogP contribution in [0.4, 0.5) is 32.2 Å². The first-order valence-corrected chi connectivity index (χ1v) is 12.7. The van der Waals surface area contributed by atoms with Gasteiger partial charge in [0.15, 0.2) is 0 Å². The van der Waals surface area contributed by atoms with Gasteiger partial charge in [-0.05, 0) is 44.2 Å². The highest BCUT2D eigenvalue weighted by atomic mass is 19.4. The number of aryl methyl sites for hydroxylation is 1. The Morgan fingerprint density at radius 1 is 1.00 bits per heavy atom. The highest BCUT2D eigenvalue weighted by molar-refractivity contribution is 5.77. The van der Waals surface area contributed by atoms with E-state index >= 15 is 0 Å². The van der Waals surface area contributed by atoms with Crippen LogP contribution in [-0.4, -0.2) is 49.9 Å². The number of nitrogens with zero attached hydrogens (tertiary/aromatic N) is 3. The van der Waals surface area contributed by atoms with Gasteiger partial charge in [-0.15, -0.1) is 5.10 Å². The van der Waals surface area contributed by atoms with E-state index in [9.17, 15) is 45.8 Å². The molecule has 0 aliphatic rings. The minimum Gasteiger partial charge on any atom is -0.478 e. The summed E-state index contributed by atoms with van der Waals surface area (Å²) >= 11 is 0. The van der Waals surface area contributed by atoms with E-state index in [2.05, 4.69) is 10.4 Å². The third-order valence-electron chi connectivity index (χ3n) is 5.97. The van der Waals surface area contributed by atoms with Gasteiger partial charge in [-0.25, -0.2) is 14.3 Å². The van der Waals surface area contributed by atoms with Gasteiger partial charge in [0.1, 0.15) is 5.75 Å². The number of rotatable bonds is 15. The number of hydrogen-bond acceptors (Lipinski definition) is 6. The monoisotopic (exact) mass is 582 g/mol. The van der Waals surface area contributed by atoms with Crippen molar-refractivity contribution < 1.29 is 41.0 Å². The maximum Gasteiger partial charge on any atom is 0.389 e. The van der Waals surface area contributed by atoms with Gasteiger partial charge in [-0.1, -0.05) is 31.5 Å². The maximum atomic E-state index is 12.8. The summed E-state index contributed by atoms with van der Waals surface area (Å²) < 4.78 is 82.5. The number of carbonyl (C=O) groups is 1. The average molecular weight is 583 g/mol. The lowest BCUT2D eigenvalue weighted by molar-refractivity contribution is -0.154. The zero-order valence-electron chi connectivity index (χ0n) is 22.1. The molecule has 15 heteroatoms. The van der Waals surface area contributed by atoms with E-state index in [0.717, 1.165) is 0 Å². The van der Waals surface area contributed by atoms with Crippen LogP contribution in [0.3, 0.4) is 0 Å². The van der Waals surface area contributed by atoms with Crippen LogP contribution in [0.2, 0.25) is 0 Å². The summed E-state index contributed by atoms with van der Waals surface area (Å²) in [5, 5.41) is 16.2. The van der Waals surface area contributed by atoms with E-state index in [1.54, 1.807) is 24.3 Å². The molecule has 1 aromatic heterocycles. The van der Waals surface area contributed by atoms with E-state index in [0.29, 0.717) is 21.2 Å². The van der Waals surface area contributed by atoms with Crippen LogP contribution in [0.5, 0.6) is 5.75 Å². The first-order valence-electron chi connectivity index (χ1n) is 12.7. The van der Waals surface area contributed by atoms with Gasteiger partial charge < -0.3 is 15.2 Å². The van der Waals surface area contributed by atoms with Gasteiger partial charge in [0.05, 0.1) is 0 Å². The molecule has 40 heavy (non-hydrogen) atoms. The third-order valence-corrected chi connectivity index (χ3v) is 5.97. The number of ether oxygens (including phenoxy) is 1. The van der Waals surface area contributed by atoms with Gasteiger partial charge in [0.2, 0.25) is 11.4 Å². The summed E-state index contributed by atoms with van der Waals surface area (Å²) in [6.07, 6.45) is -11.6. The highest BCUT2D eigenvalue weighted by Gasteiger charge is 2.35. The molecule has 1 heterocycles. The van der Waals surface area contributed by atoms with E-state index in [-0.39, 0.29) is 25.1 Å². The number of alkyl halides is 6. The molecule has 0 saturated carbocycles. The molecule has 0 bridgehead atoms. The first-order chi connectivity index (χ1) is 18.6. The molecule has 9 nitrogen and oxygen atoms in total. The number of aliphatic carboxylic acids is 1. The number of nitrogens with one attached hydrogen (secondary N) is 1. The second-order valence-electron chi connectivity index (χ2n) is 9.42. The minimum atomic E-state index is -4.52. The molecular formula is C25H32F6N4O5. The largest absolute Gasteiger partial charge is 0.478 e. The van der Waals surface area contributed by atoms with Gasteiger partial charge in [-0.2, -0.15) is 26.3 Å². The van der Waals surface area contributed by atoms with Crippen molar-refractivity contribution in [3.8, 4) is 5.75 Å². The van der Waals surface area contributed by atoms with Crippen molar-refractivity contribution >= 4 is 11.8 Å². The number of hydrogen-bond donors (Lipinski definition) is 2. The van der Waals surface area contributed by atoms with Crippen LogP contribution in [0, 0.1) is 0 Å². The predicted molar refractivity (Wildman–Crippen MR) is 134 cm³/mol. The van der Waals surface area contributed by atoms with Crippen molar-refractivity contribution in [3.63, 3.8) is 0 Å². The topological polar surface area (TPSA) is 115 Å². The third kappa shape index (κ3) is 9.90. The van der Waals surface area contributed by atoms with Gasteiger partial charge in [0, 0.05) is 32.5 Å². The molecule has 2 rings (SSSR count). The number of halogens is 6. The molecular weight excluding hydrogens is 550 g/mol.